The van der Waals surface area contributed by atoms with E-state index in [0.717, 1.165) is 5.92 Å². The molecule has 2 heteroatoms. The molecule has 0 bridgehead atoms. The van der Waals surface area contributed by atoms with Crippen molar-refractivity contribution in [1.29, 1.82) is 0 Å². The number of halogens is 1. The first-order valence-corrected chi connectivity index (χ1v) is 7.16. The molecule has 0 aliphatic heterocycles. The van der Waals surface area contributed by atoms with Crippen LogP contribution in [0.25, 0.3) is 0 Å². The van der Waals surface area contributed by atoms with Crippen molar-refractivity contribution < 1.29 is 0 Å². The molecule has 0 N–H and O–H groups in total. The molecular formula is C17H27BrMg. The van der Waals surface area contributed by atoms with Crippen LogP contribution in [-0.2, 0) is 0 Å². The number of benzene rings is 1. The molecule has 2 rings (SSSR count). The van der Waals surface area contributed by atoms with Crippen LogP contribution in [0.3, 0.4) is 0 Å². The van der Waals surface area contributed by atoms with Crippen LogP contribution in [0, 0.1) is 18.4 Å². The Balaban J connectivity index is 0. The van der Waals surface area contributed by atoms with E-state index in [9.17, 15) is 0 Å². The van der Waals surface area contributed by atoms with Gasteiger partial charge in [0.05, 0.1) is 0 Å². The number of hydrogen-bond donors (Lipinski definition) is 0. The second kappa shape index (κ2) is 16.5. The van der Waals surface area contributed by atoms with Crippen molar-refractivity contribution in [3.63, 3.8) is 0 Å². The minimum atomic E-state index is 0. The number of rotatable bonds is 4. The fourth-order valence-electron chi connectivity index (χ4n) is 2.31. The van der Waals surface area contributed by atoms with Crippen LogP contribution in [0.4, 0.5) is 0 Å². The Morgan fingerprint density at radius 2 is 1.68 bits per heavy atom. The van der Waals surface area contributed by atoms with Crippen LogP contribution in [0.2, 0.25) is 0 Å². The topological polar surface area (TPSA) is 0 Å². The van der Waals surface area contributed by atoms with Crippen LogP contribution in [-0.4, -0.2) is 23.1 Å². The SMILES string of the molecule is Br.CCCCCC1CC[CH-]CC1.[Mg+2].[c-]1ccccc1. The molecule has 1 saturated carbocycles. The molecule has 0 heterocycles. The standard InChI is InChI=1S/C11H21.C6H5.BrH.Mg/c1-2-3-5-8-11-9-6-4-7-10-11;1-2-4-6-5-3-1;;/h4,11H,2-3,5-10H2,1H3;1-5H;1H;/q2*-1;;+2. The molecule has 0 atom stereocenters. The summed E-state index contributed by atoms with van der Waals surface area (Å²) in [4.78, 5) is 0. The van der Waals surface area contributed by atoms with E-state index in [1.807, 2.05) is 30.3 Å². The molecule has 0 saturated heterocycles. The Bertz CT molecular complexity index is 218. The largest absolute Gasteiger partial charge is 2.00 e. The number of unbranched alkanes of at least 4 members (excludes halogenated alkanes) is 2. The van der Waals surface area contributed by atoms with Gasteiger partial charge >= 0.3 is 23.1 Å². The molecule has 1 aromatic carbocycles. The van der Waals surface area contributed by atoms with Gasteiger partial charge in [0.15, 0.2) is 0 Å². The van der Waals surface area contributed by atoms with Crippen LogP contribution in [0.5, 0.6) is 0 Å². The van der Waals surface area contributed by atoms with Gasteiger partial charge in [0.2, 0.25) is 0 Å². The van der Waals surface area contributed by atoms with E-state index in [4.69, 9.17) is 0 Å². The van der Waals surface area contributed by atoms with Crippen molar-refractivity contribution in [2.24, 2.45) is 5.92 Å². The third-order valence-electron chi connectivity index (χ3n) is 3.38. The van der Waals surface area contributed by atoms with E-state index in [0.29, 0.717) is 0 Å². The predicted octanol–water partition coefficient (Wildman–Crippen LogP) is 5.65. The Morgan fingerprint density at radius 3 is 2.11 bits per heavy atom. The molecule has 1 aromatic rings. The Morgan fingerprint density at radius 1 is 1.05 bits per heavy atom. The van der Waals surface area contributed by atoms with Gasteiger partial charge in [0.25, 0.3) is 0 Å². The number of hydrogen-bond acceptors (Lipinski definition) is 0. The van der Waals surface area contributed by atoms with Crippen molar-refractivity contribution in [3.05, 3.63) is 42.8 Å². The zero-order valence-electron chi connectivity index (χ0n) is 12.3. The molecule has 0 nitrogen and oxygen atoms in total. The van der Waals surface area contributed by atoms with Crippen molar-refractivity contribution in [3.8, 4) is 0 Å². The first-order chi connectivity index (χ1) is 8.43. The molecule has 0 spiro atoms. The van der Waals surface area contributed by atoms with E-state index in [1.54, 1.807) is 0 Å². The van der Waals surface area contributed by atoms with Gasteiger partial charge in [-0.3, -0.25) is 0 Å². The summed E-state index contributed by atoms with van der Waals surface area (Å²) < 4.78 is 0. The van der Waals surface area contributed by atoms with Crippen LogP contribution in [0.15, 0.2) is 30.3 Å². The van der Waals surface area contributed by atoms with Gasteiger partial charge in [0, 0.05) is 0 Å². The Labute approximate surface area is 146 Å². The predicted molar refractivity (Wildman–Crippen MR) is 91.8 cm³/mol. The Kier molecular flexibility index (Phi) is 18.9. The van der Waals surface area contributed by atoms with Crippen LogP contribution >= 0.6 is 17.0 Å². The normalized spacial score (nSPS) is 14.4. The van der Waals surface area contributed by atoms with Crippen molar-refractivity contribution in [2.75, 3.05) is 0 Å². The van der Waals surface area contributed by atoms with Crippen molar-refractivity contribution in [2.45, 2.75) is 58.3 Å². The zero-order chi connectivity index (χ0) is 12.2. The molecule has 104 valence electrons. The summed E-state index contributed by atoms with van der Waals surface area (Å²) in [6.07, 6.45) is 14.0. The van der Waals surface area contributed by atoms with Gasteiger partial charge in [-0.1, -0.05) is 45.4 Å². The monoisotopic (exact) mass is 334 g/mol. The van der Waals surface area contributed by atoms with Gasteiger partial charge in [-0.2, -0.15) is 49.2 Å². The van der Waals surface area contributed by atoms with Gasteiger partial charge in [-0.15, -0.1) is 17.0 Å². The molecule has 1 fully saturated rings. The second-order valence-electron chi connectivity index (χ2n) is 4.88. The molecule has 0 unspecified atom stereocenters. The third kappa shape index (κ3) is 13.2. The summed E-state index contributed by atoms with van der Waals surface area (Å²) in [6, 6.07) is 12.5. The maximum atomic E-state index is 2.89. The molecule has 1 aliphatic rings. The van der Waals surface area contributed by atoms with Gasteiger partial charge in [-0.25, -0.2) is 0 Å². The van der Waals surface area contributed by atoms with Gasteiger partial charge < -0.3 is 6.42 Å². The molecule has 1 aliphatic carbocycles. The minimum Gasteiger partial charge on any atom is -0.328 e. The van der Waals surface area contributed by atoms with E-state index in [-0.39, 0.29) is 40.0 Å². The quantitative estimate of drug-likeness (QED) is 0.379. The van der Waals surface area contributed by atoms with Crippen LogP contribution < -0.4 is 0 Å². The smallest absolute Gasteiger partial charge is 0.328 e. The maximum Gasteiger partial charge on any atom is 2.00 e. The van der Waals surface area contributed by atoms with Crippen molar-refractivity contribution >= 4 is 40.0 Å². The Hall–Kier alpha value is 0.466. The molecular weight excluding hydrogens is 308 g/mol. The van der Waals surface area contributed by atoms with E-state index >= 15 is 0 Å². The summed E-state index contributed by atoms with van der Waals surface area (Å²) in [5.41, 5.74) is 0. The second-order valence-corrected chi connectivity index (χ2v) is 4.88. The molecule has 19 heavy (non-hydrogen) atoms. The molecule has 0 aromatic heterocycles. The van der Waals surface area contributed by atoms with E-state index in [1.165, 1.54) is 51.4 Å². The first-order valence-electron chi connectivity index (χ1n) is 7.16. The maximum absolute atomic E-state index is 2.89. The summed E-state index contributed by atoms with van der Waals surface area (Å²) >= 11 is 0. The summed E-state index contributed by atoms with van der Waals surface area (Å²) in [6.45, 7) is 2.29. The van der Waals surface area contributed by atoms with Crippen molar-refractivity contribution in [1.82, 2.24) is 0 Å². The van der Waals surface area contributed by atoms with Gasteiger partial charge in [0.1, 0.15) is 0 Å². The first kappa shape index (κ1) is 21.8. The summed E-state index contributed by atoms with van der Waals surface area (Å²) in [5, 5.41) is 0. The fourth-order valence-corrected chi connectivity index (χ4v) is 2.31. The average molecular weight is 336 g/mol. The zero-order valence-corrected chi connectivity index (χ0v) is 15.4. The van der Waals surface area contributed by atoms with Crippen LogP contribution in [0.1, 0.15) is 58.3 Å². The minimum absolute atomic E-state index is 0. The molecule has 0 radical (unpaired) electrons. The van der Waals surface area contributed by atoms with E-state index in [2.05, 4.69) is 19.4 Å². The van der Waals surface area contributed by atoms with Gasteiger partial charge in [-0.05, 0) is 5.92 Å². The average Bonchev–Trinajstić information content (AvgIpc) is 2.43. The summed E-state index contributed by atoms with van der Waals surface area (Å²) in [7, 11) is 0. The molecule has 0 amide bonds. The summed E-state index contributed by atoms with van der Waals surface area (Å²) in [5.74, 6) is 1.08. The van der Waals surface area contributed by atoms with E-state index < -0.39 is 0 Å². The fraction of sp³-hybridized carbons (Fsp3) is 0.588. The third-order valence-corrected chi connectivity index (χ3v) is 3.38.